The molecule has 0 fully saturated rings. The van der Waals surface area contributed by atoms with E-state index < -0.39 is 69.3 Å². The number of halogens is 10. The van der Waals surface area contributed by atoms with Gasteiger partial charge in [-0.25, -0.2) is 43.9 Å². The van der Waals surface area contributed by atoms with Gasteiger partial charge in [-0.1, -0.05) is 24.3 Å². The highest BCUT2D eigenvalue weighted by Gasteiger charge is 2.28. The Hall–Kier alpha value is -4.08. The first kappa shape index (κ1) is 23.7. The van der Waals surface area contributed by atoms with Gasteiger partial charge in [-0.15, -0.1) is 0 Å². The minimum absolute atomic E-state index is 0.298. The van der Waals surface area contributed by atoms with Crippen LogP contribution in [-0.2, 0) is 0 Å². The fourth-order valence-corrected chi connectivity index (χ4v) is 4.03. The number of hydrogen-bond acceptors (Lipinski definition) is 0. The largest absolute Gasteiger partial charge is 0.203 e. The molecule has 0 atom stereocenters. The molecule has 0 N–H and O–H groups in total. The summed E-state index contributed by atoms with van der Waals surface area (Å²) in [6, 6.07) is 10.1. The van der Waals surface area contributed by atoms with E-state index in [0.29, 0.717) is 21.5 Å². The number of benzene rings is 5. The molecule has 0 nitrogen and oxygen atoms in total. The quantitative estimate of drug-likeness (QED) is 0.0965. The molecule has 5 rings (SSSR count). The summed E-state index contributed by atoms with van der Waals surface area (Å²) in [4.78, 5) is 0. The smallest absolute Gasteiger partial charge is 0.200 e. The van der Waals surface area contributed by atoms with E-state index in [1.165, 1.54) is 36.4 Å². The van der Waals surface area contributed by atoms with Crippen molar-refractivity contribution in [3.8, 4) is 22.3 Å². The third kappa shape index (κ3) is 3.39. The fraction of sp³-hybridized carbons (Fsp3) is 0. The Kier molecular flexibility index (Phi) is 5.42. The molecule has 10 heteroatoms. The second-order valence-electron chi connectivity index (χ2n) is 7.87. The van der Waals surface area contributed by atoms with Crippen LogP contribution in [-0.4, -0.2) is 0 Å². The van der Waals surface area contributed by atoms with Crippen LogP contribution in [0.3, 0.4) is 0 Å². The van der Waals surface area contributed by atoms with Gasteiger partial charge in [0.05, 0.1) is 11.1 Å². The van der Waals surface area contributed by atoms with Gasteiger partial charge < -0.3 is 0 Å². The van der Waals surface area contributed by atoms with Crippen molar-refractivity contribution in [2.45, 2.75) is 0 Å². The molecule has 0 heterocycles. The van der Waals surface area contributed by atoms with E-state index in [1.54, 1.807) is 0 Å². The SMILES string of the molecule is Fc1c(F)c(F)c(-c2ccc3cc4cc(-c5c(F)c(F)c(F)c(F)c5F)ccc4cc3c2)c(F)c1F. The van der Waals surface area contributed by atoms with Crippen LogP contribution >= 0.6 is 0 Å². The van der Waals surface area contributed by atoms with Gasteiger partial charge in [-0.3, -0.25) is 0 Å². The predicted octanol–water partition coefficient (Wildman–Crippen LogP) is 8.72. The van der Waals surface area contributed by atoms with Gasteiger partial charge in [0.25, 0.3) is 0 Å². The van der Waals surface area contributed by atoms with E-state index in [4.69, 9.17) is 0 Å². The average Bonchev–Trinajstić information content (AvgIpc) is 2.87. The van der Waals surface area contributed by atoms with Crippen LogP contribution in [0, 0.1) is 58.2 Å². The highest BCUT2D eigenvalue weighted by atomic mass is 19.2. The van der Waals surface area contributed by atoms with E-state index in [9.17, 15) is 43.9 Å². The molecule has 0 amide bonds. The molecule has 0 saturated carbocycles. The minimum atomic E-state index is -2.29. The van der Waals surface area contributed by atoms with Crippen molar-refractivity contribution < 1.29 is 43.9 Å². The zero-order valence-corrected chi connectivity index (χ0v) is 17.4. The molecule has 0 aromatic heterocycles. The molecule has 0 radical (unpaired) electrons. The molecule has 0 bridgehead atoms. The van der Waals surface area contributed by atoms with Crippen molar-refractivity contribution >= 4 is 21.5 Å². The Morgan fingerprint density at radius 3 is 0.861 bits per heavy atom. The highest BCUT2D eigenvalue weighted by Crippen LogP contribution is 2.36. The number of hydrogen-bond donors (Lipinski definition) is 0. The average molecular weight is 510 g/mol. The van der Waals surface area contributed by atoms with Crippen molar-refractivity contribution in [3.63, 3.8) is 0 Å². The zero-order valence-electron chi connectivity index (χ0n) is 17.4. The van der Waals surface area contributed by atoms with Gasteiger partial charge >= 0.3 is 0 Å². The second-order valence-corrected chi connectivity index (χ2v) is 7.87. The van der Waals surface area contributed by atoms with E-state index in [-0.39, 0.29) is 11.1 Å². The maximum absolute atomic E-state index is 14.2. The first-order valence-electron chi connectivity index (χ1n) is 10.0. The lowest BCUT2D eigenvalue weighted by Gasteiger charge is -2.11. The number of fused-ring (bicyclic) bond motifs is 2. The third-order valence-corrected chi connectivity index (χ3v) is 5.79. The molecule has 0 aliphatic rings. The standard InChI is InChI=1S/C26H8F10/c27-17-15(18(28)22(32)25(35)21(17)31)11-3-1-9-5-14-8-12(4-2-10(14)6-13(9)7-11)16-19(29)23(33)26(36)24(34)20(16)30/h1-8H. The van der Waals surface area contributed by atoms with Gasteiger partial charge in [0.1, 0.15) is 0 Å². The van der Waals surface area contributed by atoms with Gasteiger partial charge in [0.15, 0.2) is 46.5 Å². The zero-order chi connectivity index (χ0) is 26.0. The molecule has 5 aromatic carbocycles. The Morgan fingerprint density at radius 2 is 0.556 bits per heavy atom. The van der Waals surface area contributed by atoms with E-state index in [2.05, 4.69) is 0 Å². The summed E-state index contributed by atoms with van der Waals surface area (Å²) >= 11 is 0. The maximum atomic E-state index is 14.2. The van der Waals surface area contributed by atoms with E-state index in [1.807, 2.05) is 0 Å². The molecule has 0 saturated heterocycles. The summed E-state index contributed by atoms with van der Waals surface area (Å²) in [5.41, 5.74) is -2.83. The van der Waals surface area contributed by atoms with Crippen LogP contribution in [0.1, 0.15) is 0 Å². The summed E-state index contributed by atoms with van der Waals surface area (Å²) in [7, 11) is 0. The van der Waals surface area contributed by atoms with Gasteiger partial charge in [0, 0.05) is 0 Å². The lowest BCUT2D eigenvalue weighted by molar-refractivity contribution is 0.381. The summed E-state index contributed by atoms with van der Waals surface area (Å²) in [5, 5.41) is 1.41. The van der Waals surface area contributed by atoms with Crippen molar-refractivity contribution in [2.75, 3.05) is 0 Å². The Bertz CT molecular complexity index is 1550. The number of rotatable bonds is 2. The lowest BCUT2D eigenvalue weighted by Crippen LogP contribution is -2.04. The first-order chi connectivity index (χ1) is 17.0. The first-order valence-corrected chi connectivity index (χ1v) is 10.0. The minimum Gasteiger partial charge on any atom is -0.203 e. The van der Waals surface area contributed by atoms with Crippen LogP contribution in [0.25, 0.3) is 43.8 Å². The van der Waals surface area contributed by atoms with Crippen molar-refractivity contribution in [1.82, 2.24) is 0 Å². The van der Waals surface area contributed by atoms with Crippen LogP contribution in [0.15, 0.2) is 48.5 Å². The Balaban J connectivity index is 1.68. The summed E-state index contributed by atoms with van der Waals surface area (Å²) < 4.78 is 138. The molecule has 5 aromatic rings. The van der Waals surface area contributed by atoms with Crippen LogP contribution in [0.2, 0.25) is 0 Å². The Morgan fingerprint density at radius 1 is 0.278 bits per heavy atom. The second kappa shape index (κ2) is 8.25. The normalized spacial score (nSPS) is 11.6. The molecule has 0 spiro atoms. The van der Waals surface area contributed by atoms with E-state index >= 15 is 0 Å². The molecule has 0 unspecified atom stereocenters. The fourth-order valence-electron chi connectivity index (χ4n) is 4.03. The molecule has 0 aliphatic carbocycles. The van der Waals surface area contributed by atoms with Crippen LogP contribution in [0.5, 0.6) is 0 Å². The van der Waals surface area contributed by atoms with Gasteiger partial charge in [-0.05, 0) is 56.9 Å². The third-order valence-electron chi connectivity index (χ3n) is 5.79. The van der Waals surface area contributed by atoms with Crippen molar-refractivity contribution in [1.29, 1.82) is 0 Å². The molecule has 0 aliphatic heterocycles. The predicted molar refractivity (Wildman–Crippen MR) is 112 cm³/mol. The molecule has 182 valence electrons. The molecule has 36 heavy (non-hydrogen) atoms. The van der Waals surface area contributed by atoms with Crippen molar-refractivity contribution in [3.05, 3.63) is 107 Å². The monoisotopic (exact) mass is 510 g/mol. The maximum Gasteiger partial charge on any atom is 0.200 e. The van der Waals surface area contributed by atoms with Gasteiger partial charge in [-0.2, -0.15) is 0 Å². The topological polar surface area (TPSA) is 0 Å². The Labute approximate surface area is 195 Å². The van der Waals surface area contributed by atoms with Crippen molar-refractivity contribution in [2.24, 2.45) is 0 Å². The molecular weight excluding hydrogens is 502 g/mol. The summed E-state index contributed by atoms with van der Waals surface area (Å²) in [6.45, 7) is 0. The van der Waals surface area contributed by atoms with Crippen LogP contribution in [0.4, 0.5) is 43.9 Å². The molecular formula is C26H8F10. The summed E-state index contributed by atoms with van der Waals surface area (Å²) in [5.74, 6) is -21.0. The van der Waals surface area contributed by atoms with Crippen LogP contribution < -0.4 is 0 Å². The highest BCUT2D eigenvalue weighted by molar-refractivity contribution is 6.01. The van der Waals surface area contributed by atoms with Gasteiger partial charge in [0.2, 0.25) is 11.6 Å². The lowest BCUT2D eigenvalue weighted by atomic mass is 9.95. The summed E-state index contributed by atoms with van der Waals surface area (Å²) in [6.07, 6.45) is 0. The van der Waals surface area contributed by atoms with E-state index in [0.717, 1.165) is 12.1 Å².